The van der Waals surface area contributed by atoms with Crippen LogP contribution in [0.2, 0.25) is 0 Å². The Kier molecular flexibility index (Phi) is 7.26. The second-order valence-corrected chi connectivity index (χ2v) is 4.30. The summed E-state index contributed by atoms with van der Waals surface area (Å²) in [5.74, 6) is -0.506. The SMILES string of the molecule is CCC(=O)OCC(=O)OC(C)/C(C)=C/C(C)C. The molecule has 0 bridgehead atoms. The Morgan fingerprint density at radius 1 is 1.18 bits per heavy atom. The first-order chi connectivity index (χ1) is 7.86. The average Bonchev–Trinajstić information content (AvgIpc) is 2.24. The maximum absolute atomic E-state index is 11.3. The van der Waals surface area contributed by atoms with Crippen molar-refractivity contribution in [3.05, 3.63) is 11.6 Å². The molecule has 1 atom stereocenters. The molecule has 0 aliphatic heterocycles. The molecule has 4 heteroatoms. The predicted octanol–water partition coefficient (Wildman–Crippen LogP) is 2.47. The zero-order chi connectivity index (χ0) is 13.4. The number of rotatable bonds is 6. The van der Waals surface area contributed by atoms with Crippen molar-refractivity contribution in [3.8, 4) is 0 Å². The molecular formula is C13H22O4. The fourth-order valence-electron chi connectivity index (χ4n) is 1.23. The molecule has 1 unspecified atom stereocenters. The van der Waals surface area contributed by atoms with E-state index < -0.39 is 11.9 Å². The molecule has 0 heterocycles. The van der Waals surface area contributed by atoms with Gasteiger partial charge in [0.1, 0.15) is 6.10 Å². The summed E-state index contributed by atoms with van der Waals surface area (Å²) in [6.07, 6.45) is 2.01. The van der Waals surface area contributed by atoms with Gasteiger partial charge in [0.25, 0.3) is 0 Å². The molecule has 0 aromatic carbocycles. The monoisotopic (exact) mass is 242 g/mol. The van der Waals surface area contributed by atoms with Crippen molar-refractivity contribution in [2.24, 2.45) is 5.92 Å². The van der Waals surface area contributed by atoms with E-state index in [-0.39, 0.29) is 19.1 Å². The minimum atomic E-state index is -0.518. The molecule has 0 aliphatic rings. The number of allylic oxidation sites excluding steroid dienone is 1. The van der Waals surface area contributed by atoms with Crippen molar-refractivity contribution in [2.45, 2.75) is 47.1 Å². The van der Waals surface area contributed by atoms with E-state index in [1.165, 1.54) is 0 Å². The Morgan fingerprint density at radius 3 is 2.24 bits per heavy atom. The van der Waals surface area contributed by atoms with E-state index in [1.807, 2.05) is 13.0 Å². The number of hydrogen-bond donors (Lipinski definition) is 0. The van der Waals surface area contributed by atoms with Crippen molar-refractivity contribution in [3.63, 3.8) is 0 Å². The summed E-state index contributed by atoms with van der Waals surface area (Å²) in [5, 5.41) is 0. The summed E-state index contributed by atoms with van der Waals surface area (Å²) in [6.45, 7) is 9.18. The Hall–Kier alpha value is -1.32. The van der Waals surface area contributed by atoms with Crippen LogP contribution in [-0.2, 0) is 19.1 Å². The molecule has 0 saturated carbocycles. The summed E-state index contributed by atoms with van der Waals surface area (Å²) in [6, 6.07) is 0. The Bertz CT molecular complexity index is 292. The first-order valence-electron chi connectivity index (χ1n) is 5.90. The van der Waals surface area contributed by atoms with Crippen LogP contribution in [0.5, 0.6) is 0 Å². The standard InChI is InChI=1S/C13H22O4/c1-6-12(14)16-8-13(15)17-11(5)10(4)7-9(2)3/h7,9,11H,6,8H2,1-5H3/b10-7+. The number of esters is 2. The molecule has 0 spiro atoms. The van der Waals surface area contributed by atoms with Gasteiger partial charge in [-0.2, -0.15) is 0 Å². The number of carbonyl (C=O) groups is 2. The molecule has 0 aromatic rings. The van der Waals surface area contributed by atoms with Crippen LogP contribution >= 0.6 is 0 Å². The molecule has 0 saturated heterocycles. The first-order valence-corrected chi connectivity index (χ1v) is 5.90. The largest absolute Gasteiger partial charge is 0.456 e. The van der Waals surface area contributed by atoms with Gasteiger partial charge in [-0.05, 0) is 25.3 Å². The minimum Gasteiger partial charge on any atom is -0.456 e. The van der Waals surface area contributed by atoms with Crippen LogP contribution in [0.1, 0.15) is 41.0 Å². The van der Waals surface area contributed by atoms with E-state index in [1.54, 1.807) is 13.8 Å². The molecule has 0 N–H and O–H groups in total. The van der Waals surface area contributed by atoms with Gasteiger partial charge in [0.2, 0.25) is 0 Å². The fraction of sp³-hybridized carbons (Fsp3) is 0.692. The highest BCUT2D eigenvalue weighted by Gasteiger charge is 2.13. The van der Waals surface area contributed by atoms with Crippen molar-refractivity contribution < 1.29 is 19.1 Å². The topological polar surface area (TPSA) is 52.6 Å². The molecule has 0 aromatic heterocycles. The quantitative estimate of drug-likeness (QED) is 0.530. The van der Waals surface area contributed by atoms with E-state index in [4.69, 9.17) is 4.74 Å². The number of hydrogen-bond acceptors (Lipinski definition) is 4. The van der Waals surface area contributed by atoms with Gasteiger partial charge < -0.3 is 9.47 Å². The van der Waals surface area contributed by atoms with Gasteiger partial charge in [-0.15, -0.1) is 0 Å². The van der Waals surface area contributed by atoms with E-state index in [0.29, 0.717) is 5.92 Å². The number of carbonyl (C=O) groups excluding carboxylic acids is 2. The average molecular weight is 242 g/mol. The summed E-state index contributed by atoms with van der Waals surface area (Å²) < 4.78 is 9.81. The third-order valence-corrected chi connectivity index (χ3v) is 2.19. The normalized spacial score (nSPS) is 13.4. The molecule has 0 fully saturated rings. The minimum absolute atomic E-state index is 0.259. The molecule has 4 nitrogen and oxygen atoms in total. The van der Waals surface area contributed by atoms with Crippen molar-refractivity contribution >= 4 is 11.9 Å². The number of ether oxygens (including phenoxy) is 2. The van der Waals surface area contributed by atoms with E-state index in [2.05, 4.69) is 18.6 Å². The molecule has 0 rings (SSSR count). The lowest BCUT2D eigenvalue weighted by molar-refractivity contribution is -0.160. The maximum atomic E-state index is 11.3. The van der Waals surface area contributed by atoms with Gasteiger partial charge in [-0.25, -0.2) is 4.79 Å². The first kappa shape index (κ1) is 15.7. The van der Waals surface area contributed by atoms with Gasteiger partial charge in [0.05, 0.1) is 0 Å². The Morgan fingerprint density at radius 2 is 1.76 bits per heavy atom. The molecule has 0 amide bonds. The Balaban J connectivity index is 4.08. The van der Waals surface area contributed by atoms with Gasteiger partial charge in [0, 0.05) is 6.42 Å². The molecule has 17 heavy (non-hydrogen) atoms. The van der Waals surface area contributed by atoms with Crippen LogP contribution in [0.3, 0.4) is 0 Å². The van der Waals surface area contributed by atoms with Crippen LogP contribution in [0, 0.1) is 5.92 Å². The molecule has 98 valence electrons. The van der Waals surface area contributed by atoms with Crippen molar-refractivity contribution in [1.29, 1.82) is 0 Å². The van der Waals surface area contributed by atoms with E-state index in [0.717, 1.165) is 5.57 Å². The third kappa shape index (κ3) is 7.55. The van der Waals surface area contributed by atoms with Gasteiger partial charge >= 0.3 is 11.9 Å². The lowest BCUT2D eigenvalue weighted by Gasteiger charge is -2.14. The second kappa shape index (κ2) is 7.87. The summed E-state index contributed by atoms with van der Waals surface area (Å²) in [5.41, 5.74) is 0.996. The highest BCUT2D eigenvalue weighted by molar-refractivity contribution is 5.76. The zero-order valence-corrected chi connectivity index (χ0v) is 11.3. The van der Waals surface area contributed by atoms with Crippen LogP contribution < -0.4 is 0 Å². The van der Waals surface area contributed by atoms with E-state index >= 15 is 0 Å². The highest BCUT2D eigenvalue weighted by Crippen LogP contribution is 2.09. The van der Waals surface area contributed by atoms with Crippen molar-refractivity contribution in [1.82, 2.24) is 0 Å². The van der Waals surface area contributed by atoms with E-state index in [9.17, 15) is 9.59 Å². The van der Waals surface area contributed by atoms with Crippen LogP contribution in [0.15, 0.2) is 11.6 Å². The lowest BCUT2D eigenvalue weighted by atomic mass is 10.1. The summed E-state index contributed by atoms with van der Waals surface area (Å²) >= 11 is 0. The van der Waals surface area contributed by atoms with Crippen molar-refractivity contribution in [2.75, 3.05) is 6.61 Å². The summed E-state index contributed by atoms with van der Waals surface area (Å²) in [4.78, 5) is 22.2. The molecule has 0 aliphatic carbocycles. The third-order valence-electron chi connectivity index (χ3n) is 2.19. The van der Waals surface area contributed by atoms with Gasteiger partial charge in [0.15, 0.2) is 6.61 Å². The second-order valence-electron chi connectivity index (χ2n) is 4.30. The highest BCUT2D eigenvalue weighted by atomic mass is 16.6. The predicted molar refractivity (Wildman–Crippen MR) is 65.4 cm³/mol. The molecule has 0 radical (unpaired) electrons. The van der Waals surface area contributed by atoms with Gasteiger partial charge in [-0.1, -0.05) is 26.8 Å². The Labute approximate surface area is 103 Å². The van der Waals surface area contributed by atoms with Crippen LogP contribution in [-0.4, -0.2) is 24.6 Å². The summed E-state index contributed by atoms with van der Waals surface area (Å²) in [7, 11) is 0. The molecular weight excluding hydrogens is 220 g/mol. The van der Waals surface area contributed by atoms with Gasteiger partial charge in [-0.3, -0.25) is 4.79 Å². The zero-order valence-electron chi connectivity index (χ0n) is 11.3. The maximum Gasteiger partial charge on any atom is 0.344 e. The fourth-order valence-corrected chi connectivity index (χ4v) is 1.23. The lowest BCUT2D eigenvalue weighted by Crippen LogP contribution is -2.21. The smallest absolute Gasteiger partial charge is 0.344 e. The van der Waals surface area contributed by atoms with Crippen LogP contribution in [0.25, 0.3) is 0 Å². The van der Waals surface area contributed by atoms with Crippen LogP contribution in [0.4, 0.5) is 0 Å².